The molecule has 1 amide bonds. The maximum Gasteiger partial charge on any atom is 0.352 e. The lowest BCUT2D eigenvalue weighted by molar-refractivity contribution is -0.176. The number of β-lactam (4-membered cyclic amide) rings is 1. The number of esters is 2. The van der Waals surface area contributed by atoms with Gasteiger partial charge in [-0.1, -0.05) is 30.3 Å². The van der Waals surface area contributed by atoms with Gasteiger partial charge in [0.15, 0.2) is 0 Å². The molecule has 1 fully saturated rings. The number of carboxylic acid groups (broad SMARTS) is 1. The molecule has 0 spiro atoms. The van der Waals surface area contributed by atoms with Crippen molar-refractivity contribution in [3.8, 4) is 0 Å². The van der Waals surface area contributed by atoms with Crippen LogP contribution in [-0.4, -0.2) is 57.7 Å². The SMILES string of the molecule is CC(=O)OCC1=C(C(=O)O)N2C(=O)[C@@H](OC(=O)C(N)c3ccccc3)[C@H]2SC1. The Morgan fingerprint density at radius 2 is 2.00 bits per heavy atom. The molecule has 2 aliphatic rings. The molecule has 0 bridgehead atoms. The number of rotatable bonds is 6. The van der Waals surface area contributed by atoms with E-state index in [9.17, 15) is 24.3 Å². The third-order valence-electron chi connectivity index (χ3n) is 4.31. The number of benzene rings is 1. The predicted molar refractivity (Wildman–Crippen MR) is 97.6 cm³/mol. The van der Waals surface area contributed by atoms with Gasteiger partial charge in [-0.05, 0) is 5.56 Å². The van der Waals surface area contributed by atoms with Crippen molar-refractivity contribution in [2.75, 3.05) is 12.4 Å². The molecule has 1 aromatic carbocycles. The smallest absolute Gasteiger partial charge is 0.352 e. The zero-order valence-electron chi connectivity index (χ0n) is 14.9. The number of hydrogen-bond acceptors (Lipinski definition) is 8. The van der Waals surface area contributed by atoms with Crippen LogP contribution in [0.15, 0.2) is 41.6 Å². The highest BCUT2D eigenvalue weighted by Gasteiger charge is 2.56. The number of carbonyl (C=O) groups is 4. The van der Waals surface area contributed by atoms with E-state index in [0.717, 1.165) is 4.90 Å². The first-order chi connectivity index (χ1) is 13.3. The van der Waals surface area contributed by atoms with Crippen molar-refractivity contribution in [2.45, 2.75) is 24.4 Å². The summed E-state index contributed by atoms with van der Waals surface area (Å²) in [6.07, 6.45) is -1.11. The second kappa shape index (κ2) is 8.03. The largest absolute Gasteiger partial charge is 0.477 e. The molecule has 10 heteroatoms. The Bertz CT molecular complexity index is 855. The van der Waals surface area contributed by atoms with E-state index in [2.05, 4.69) is 0 Å². The molecule has 2 heterocycles. The van der Waals surface area contributed by atoms with E-state index in [1.807, 2.05) is 0 Å². The third kappa shape index (κ3) is 3.73. The van der Waals surface area contributed by atoms with E-state index in [4.69, 9.17) is 15.2 Å². The maximum atomic E-state index is 12.5. The fourth-order valence-corrected chi connectivity index (χ4v) is 4.22. The Morgan fingerprint density at radius 3 is 2.61 bits per heavy atom. The summed E-state index contributed by atoms with van der Waals surface area (Å²) < 4.78 is 10.1. The zero-order chi connectivity index (χ0) is 20.4. The van der Waals surface area contributed by atoms with Gasteiger partial charge in [-0.25, -0.2) is 9.59 Å². The van der Waals surface area contributed by atoms with Crippen LogP contribution in [-0.2, 0) is 28.7 Å². The van der Waals surface area contributed by atoms with Gasteiger partial charge in [0.1, 0.15) is 23.7 Å². The molecule has 9 nitrogen and oxygen atoms in total. The lowest BCUT2D eigenvalue weighted by Crippen LogP contribution is -2.66. The van der Waals surface area contributed by atoms with E-state index in [-0.39, 0.29) is 18.1 Å². The first-order valence-corrected chi connectivity index (χ1v) is 9.40. The molecule has 0 aliphatic carbocycles. The van der Waals surface area contributed by atoms with Gasteiger partial charge >= 0.3 is 17.9 Å². The highest BCUT2D eigenvalue weighted by Crippen LogP contribution is 2.42. The highest BCUT2D eigenvalue weighted by molar-refractivity contribution is 8.00. The molecule has 0 aromatic heterocycles. The van der Waals surface area contributed by atoms with Crippen LogP contribution in [0.2, 0.25) is 0 Å². The van der Waals surface area contributed by atoms with Crippen molar-refractivity contribution >= 4 is 35.6 Å². The minimum atomic E-state index is -1.31. The van der Waals surface area contributed by atoms with Gasteiger partial charge in [-0.3, -0.25) is 14.5 Å². The van der Waals surface area contributed by atoms with Crippen LogP contribution in [0.5, 0.6) is 0 Å². The van der Waals surface area contributed by atoms with Crippen molar-refractivity contribution in [1.29, 1.82) is 0 Å². The van der Waals surface area contributed by atoms with Crippen LogP contribution in [0.25, 0.3) is 0 Å². The summed E-state index contributed by atoms with van der Waals surface area (Å²) in [5.41, 5.74) is 6.50. The molecule has 1 unspecified atom stereocenters. The number of amides is 1. The second-order valence-corrected chi connectivity index (χ2v) is 7.30. The number of aliphatic carboxylic acids is 1. The quantitative estimate of drug-likeness (QED) is 0.508. The van der Waals surface area contributed by atoms with E-state index in [1.54, 1.807) is 30.3 Å². The Labute approximate surface area is 164 Å². The van der Waals surface area contributed by atoms with Crippen LogP contribution in [0.4, 0.5) is 0 Å². The Balaban J connectivity index is 1.72. The first kappa shape index (κ1) is 19.9. The third-order valence-corrected chi connectivity index (χ3v) is 5.62. The van der Waals surface area contributed by atoms with Crippen LogP contribution in [0, 0.1) is 0 Å². The number of thioether (sulfide) groups is 1. The lowest BCUT2D eigenvalue weighted by atomic mass is 10.0. The van der Waals surface area contributed by atoms with Gasteiger partial charge in [0.05, 0.1) is 0 Å². The van der Waals surface area contributed by atoms with Crippen LogP contribution in [0.1, 0.15) is 18.5 Å². The number of ether oxygens (including phenoxy) is 2. The van der Waals surface area contributed by atoms with Crippen LogP contribution in [0.3, 0.4) is 0 Å². The zero-order valence-corrected chi connectivity index (χ0v) is 15.7. The monoisotopic (exact) mass is 406 g/mol. The summed E-state index contributed by atoms with van der Waals surface area (Å²) in [5, 5.41) is 8.83. The molecule has 3 N–H and O–H groups in total. The molecule has 28 heavy (non-hydrogen) atoms. The Morgan fingerprint density at radius 1 is 1.32 bits per heavy atom. The van der Waals surface area contributed by atoms with Crippen molar-refractivity contribution < 1.29 is 33.8 Å². The van der Waals surface area contributed by atoms with Crippen molar-refractivity contribution in [3.05, 3.63) is 47.2 Å². The number of carboxylic acids is 1. The van der Waals surface area contributed by atoms with E-state index < -0.39 is 41.3 Å². The Kier molecular flexibility index (Phi) is 5.71. The molecular formula is C18H18N2O7S. The predicted octanol–water partition coefficient (Wildman–Crippen LogP) is 0.415. The number of nitrogens with zero attached hydrogens (tertiary/aromatic N) is 1. The molecule has 2 aliphatic heterocycles. The summed E-state index contributed by atoms with van der Waals surface area (Å²) in [7, 11) is 0. The van der Waals surface area contributed by atoms with E-state index >= 15 is 0 Å². The summed E-state index contributed by atoms with van der Waals surface area (Å²) in [5.74, 6) is -3.06. The second-order valence-electron chi connectivity index (χ2n) is 6.19. The van der Waals surface area contributed by atoms with Crippen molar-refractivity contribution in [1.82, 2.24) is 4.90 Å². The number of carbonyl (C=O) groups excluding carboxylic acids is 3. The van der Waals surface area contributed by atoms with Crippen LogP contribution >= 0.6 is 11.8 Å². The fraction of sp³-hybridized carbons (Fsp3) is 0.333. The van der Waals surface area contributed by atoms with E-state index in [0.29, 0.717) is 11.1 Å². The average Bonchev–Trinajstić information content (AvgIpc) is 2.69. The molecule has 1 aromatic rings. The van der Waals surface area contributed by atoms with Gasteiger partial charge in [0.25, 0.3) is 5.91 Å². The maximum absolute atomic E-state index is 12.5. The first-order valence-electron chi connectivity index (χ1n) is 8.35. The highest BCUT2D eigenvalue weighted by atomic mass is 32.2. The van der Waals surface area contributed by atoms with Gasteiger partial charge in [0, 0.05) is 18.2 Å². The Hall–Kier alpha value is -2.85. The number of hydrogen-bond donors (Lipinski definition) is 2. The van der Waals surface area contributed by atoms with Crippen LogP contribution < -0.4 is 5.73 Å². The molecule has 0 radical (unpaired) electrons. The summed E-state index contributed by atoms with van der Waals surface area (Å²) in [6.45, 7) is 0.990. The van der Waals surface area contributed by atoms with Gasteiger partial charge in [-0.2, -0.15) is 0 Å². The topological polar surface area (TPSA) is 136 Å². The van der Waals surface area contributed by atoms with E-state index in [1.165, 1.54) is 18.7 Å². The van der Waals surface area contributed by atoms with Gasteiger partial charge in [0.2, 0.25) is 6.10 Å². The van der Waals surface area contributed by atoms with Gasteiger partial charge in [-0.15, -0.1) is 11.8 Å². The summed E-state index contributed by atoms with van der Waals surface area (Å²) >= 11 is 1.23. The standard InChI is InChI=1S/C18H18N2O7S/c1-9(21)26-7-11-8-28-16-14(15(22)20(16)13(11)17(23)24)27-18(25)12(19)10-5-3-2-4-6-10/h2-6,12,14,16H,7-8,19H2,1H3,(H,23,24)/t12?,14-,16-/m1/s1. The fourth-order valence-electron chi connectivity index (χ4n) is 2.92. The lowest BCUT2D eigenvalue weighted by Gasteiger charge is -2.48. The summed E-state index contributed by atoms with van der Waals surface area (Å²) in [6, 6.07) is 7.52. The normalized spacial score (nSPS) is 22.1. The minimum Gasteiger partial charge on any atom is -0.477 e. The van der Waals surface area contributed by atoms with Crippen molar-refractivity contribution in [2.24, 2.45) is 5.73 Å². The molecule has 3 rings (SSSR count). The molecule has 1 saturated heterocycles. The molecular weight excluding hydrogens is 388 g/mol. The van der Waals surface area contributed by atoms with Crippen molar-refractivity contribution in [3.63, 3.8) is 0 Å². The van der Waals surface area contributed by atoms with Gasteiger partial charge < -0.3 is 20.3 Å². The molecule has 148 valence electrons. The average molecular weight is 406 g/mol. The number of nitrogens with two attached hydrogens (primary N) is 1. The number of fused-ring (bicyclic) bond motifs is 1. The minimum absolute atomic E-state index is 0.218. The summed E-state index contributed by atoms with van der Waals surface area (Å²) in [4.78, 5) is 48.5. The molecule has 3 atom stereocenters. The molecule has 0 saturated carbocycles.